The van der Waals surface area contributed by atoms with Crippen molar-refractivity contribution in [1.29, 1.82) is 0 Å². The Balaban J connectivity index is 1.74. The minimum absolute atomic E-state index is 0.104. The molecule has 1 heterocycles. The van der Waals surface area contributed by atoms with Crippen LogP contribution in [0, 0.1) is 17.5 Å². The van der Waals surface area contributed by atoms with Crippen molar-refractivity contribution >= 4 is 5.91 Å². The average molecular weight is 372 g/mol. The summed E-state index contributed by atoms with van der Waals surface area (Å²) in [7, 11) is 0. The van der Waals surface area contributed by atoms with Crippen LogP contribution in [-0.4, -0.2) is 10.5 Å². The fourth-order valence-electron chi connectivity index (χ4n) is 2.53. The Morgan fingerprint density at radius 3 is 2.37 bits per heavy atom. The molecule has 3 rings (SSSR count). The molecule has 7 heteroatoms. The normalized spacial score (nSPS) is 10.6. The molecule has 3 aromatic rings. The molecule has 0 bridgehead atoms. The van der Waals surface area contributed by atoms with Gasteiger partial charge in [0.2, 0.25) is 0 Å². The maximum atomic E-state index is 13.6. The lowest BCUT2D eigenvalue weighted by molar-refractivity contribution is 0.0948. The van der Waals surface area contributed by atoms with E-state index in [1.54, 1.807) is 16.7 Å². The van der Waals surface area contributed by atoms with E-state index in [9.17, 15) is 22.8 Å². The maximum absolute atomic E-state index is 13.6. The number of carbonyl (C=O) groups is 1. The first-order valence-electron chi connectivity index (χ1n) is 8.09. The topological polar surface area (TPSA) is 51.1 Å². The summed E-state index contributed by atoms with van der Waals surface area (Å²) < 4.78 is 41.1. The van der Waals surface area contributed by atoms with Crippen LogP contribution < -0.4 is 10.7 Å². The van der Waals surface area contributed by atoms with Gasteiger partial charge in [0, 0.05) is 43.2 Å². The predicted molar refractivity (Wildman–Crippen MR) is 93.7 cm³/mol. The van der Waals surface area contributed by atoms with Crippen molar-refractivity contribution in [2.24, 2.45) is 0 Å². The third-order valence-corrected chi connectivity index (χ3v) is 3.96. The van der Waals surface area contributed by atoms with Gasteiger partial charge in [-0.05, 0) is 23.8 Å². The second-order valence-corrected chi connectivity index (χ2v) is 5.94. The lowest BCUT2D eigenvalue weighted by atomic mass is 10.2. The zero-order chi connectivity index (χ0) is 19.4. The van der Waals surface area contributed by atoms with Crippen LogP contribution in [0.4, 0.5) is 13.2 Å². The SMILES string of the molecule is O=C(NCc1ccc(F)cc1F)c1cn(Cc2ccc(F)cc2)ccc1=O. The van der Waals surface area contributed by atoms with Gasteiger partial charge in [-0.2, -0.15) is 0 Å². The van der Waals surface area contributed by atoms with Crippen LogP contribution >= 0.6 is 0 Å². The molecule has 1 aromatic heterocycles. The highest BCUT2D eigenvalue weighted by Gasteiger charge is 2.12. The fourth-order valence-corrected chi connectivity index (χ4v) is 2.53. The monoisotopic (exact) mass is 372 g/mol. The minimum atomic E-state index is -0.780. The number of benzene rings is 2. The summed E-state index contributed by atoms with van der Waals surface area (Å²) in [5, 5.41) is 2.45. The Morgan fingerprint density at radius 1 is 0.963 bits per heavy atom. The molecular formula is C20H15F3N2O2. The molecule has 4 nitrogen and oxygen atoms in total. The third kappa shape index (κ3) is 4.63. The van der Waals surface area contributed by atoms with E-state index in [4.69, 9.17) is 0 Å². The third-order valence-electron chi connectivity index (χ3n) is 3.96. The molecule has 1 N–H and O–H groups in total. The molecule has 0 aliphatic heterocycles. The first kappa shape index (κ1) is 18.4. The Morgan fingerprint density at radius 2 is 1.67 bits per heavy atom. The summed E-state index contributed by atoms with van der Waals surface area (Å²) in [6, 6.07) is 10.1. The van der Waals surface area contributed by atoms with Crippen molar-refractivity contribution in [2.45, 2.75) is 13.1 Å². The van der Waals surface area contributed by atoms with E-state index >= 15 is 0 Å². The molecule has 0 spiro atoms. The molecule has 27 heavy (non-hydrogen) atoms. The van der Waals surface area contributed by atoms with Crippen LogP contribution in [0.3, 0.4) is 0 Å². The number of aromatic nitrogens is 1. The standard InChI is InChI=1S/C20H15F3N2O2/c21-15-4-1-13(2-5-15)11-25-8-7-19(26)17(12-25)20(27)24-10-14-3-6-16(22)9-18(14)23/h1-9,12H,10-11H2,(H,24,27). The van der Waals surface area contributed by atoms with Crippen molar-refractivity contribution < 1.29 is 18.0 Å². The van der Waals surface area contributed by atoms with E-state index < -0.39 is 23.0 Å². The number of pyridine rings is 1. The highest BCUT2D eigenvalue weighted by molar-refractivity contribution is 5.93. The smallest absolute Gasteiger partial charge is 0.257 e. The van der Waals surface area contributed by atoms with Crippen molar-refractivity contribution in [3.05, 3.63) is 105 Å². The van der Waals surface area contributed by atoms with Gasteiger partial charge in [-0.15, -0.1) is 0 Å². The van der Waals surface area contributed by atoms with Gasteiger partial charge in [0.15, 0.2) is 5.43 Å². The maximum Gasteiger partial charge on any atom is 0.257 e. The Labute approximate surface area is 152 Å². The zero-order valence-corrected chi connectivity index (χ0v) is 14.1. The van der Waals surface area contributed by atoms with Gasteiger partial charge in [0.1, 0.15) is 23.0 Å². The summed E-state index contributed by atoms with van der Waals surface area (Å²) >= 11 is 0. The van der Waals surface area contributed by atoms with E-state index in [0.717, 1.165) is 17.7 Å². The Kier molecular flexibility index (Phi) is 5.40. The van der Waals surface area contributed by atoms with Crippen LogP contribution in [-0.2, 0) is 13.1 Å². The lowest BCUT2D eigenvalue weighted by Gasteiger charge is -2.10. The van der Waals surface area contributed by atoms with Gasteiger partial charge >= 0.3 is 0 Å². The fraction of sp³-hybridized carbons (Fsp3) is 0.100. The van der Waals surface area contributed by atoms with E-state index in [0.29, 0.717) is 6.54 Å². The van der Waals surface area contributed by atoms with E-state index in [1.807, 2.05) is 0 Å². The molecule has 0 atom stereocenters. The van der Waals surface area contributed by atoms with E-state index in [1.165, 1.54) is 36.7 Å². The highest BCUT2D eigenvalue weighted by Crippen LogP contribution is 2.10. The number of carbonyl (C=O) groups excluding carboxylic acids is 1. The van der Waals surface area contributed by atoms with Crippen LogP contribution in [0.5, 0.6) is 0 Å². The van der Waals surface area contributed by atoms with Gasteiger partial charge in [0.05, 0.1) is 0 Å². The molecule has 0 radical (unpaired) electrons. The van der Waals surface area contributed by atoms with Crippen LogP contribution in [0.25, 0.3) is 0 Å². The van der Waals surface area contributed by atoms with Crippen LogP contribution in [0.15, 0.2) is 65.7 Å². The molecule has 0 saturated carbocycles. The Bertz CT molecular complexity index is 1030. The van der Waals surface area contributed by atoms with Crippen molar-refractivity contribution in [1.82, 2.24) is 9.88 Å². The molecule has 1 amide bonds. The summed E-state index contributed by atoms with van der Waals surface area (Å²) in [5.41, 5.74) is 0.302. The van der Waals surface area contributed by atoms with Gasteiger partial charge in [-0.3, -0.25) is 9.59 Å². The molecule has 138 valence electrons. The quantitative estimate of drug-likeness (QED) is 0.748. The zero-order valence-electron chi connectivity index (χ0n) is 14.1. The van der Waals surface area contributed by atoms with Gasteiger partial charge in [-0.25, -0.2) is 13.2 Å². The average Bonchev–Trinajstić information content (AvgIpc) is 2.64. The molecular weight excluding hydrogens is 357 g/mol. The van der Waals surface area contributed by atoms with E-state index in [2.05, 4.69) is 5.32 Å². The second kappa shape index (κ2) is 7.90. The minimum Gasteiger partial charge on any atom is -0.349 e. The summed E-state index contributed by atoms with van der Waals surface area (Å²) in [6.07, 6.45) is 2.89. The van der Waals surface area contributed by atoms with Crippen molar-refractivity contribution in [3.8, 4) is 0 Å². The van der Waals surface area contributed by atoms with Gasteiger partial charge in [0.25, 0.3) is 5.91 Å². The van der Waals surface area contributed by atoms with Gasteiger partial charge in [-0.1, -0.05) is 18.2 Å². The summed E-state index contributed by atoms with van der Waals surface area (Å²) in [5.74, 6) is -2.52. The molecule has 0 aliphatic rings. The number of amides is 1. The predicted octanol–water partition coefficient (Wildman–Crippen LogP) is 3.24. The molecule has 0 fully saturated rings. The molecule has 0 aliphatic carbocycles. The number of hydrogen-bond acceptors (Lipinski definition) is 2. The second-order valence-electron chi connectivity index (χ2n) is 5.94. The number of hydrogen-bond donors (Lipinski definition) is 1. The van der Waals surface area contributed by atoms with Crippen molar-refractivity contribution in [2.75, 3.05) is 0 Å². The van der Waals surface area contributed by atoms with Crippen molar-refractivity contribution in [3.63, 3.8) is 0 Å². The molecule has 2 aromatic carbocycles. The highest BCUT2D eigenvalue weighted by atomic mass is 19.1. The van der Waals surface area contributed by atoms with Crippen LogP contribution in [0.1, 0.15) is 21.5 Å². The summed E-state index contributed by atoms with van der Waals surface area (Å²) in [4.78, 5) is 24.3. The number of halogens is 3. The lowest BCUT2D eigenvalue weighted by Crippen LogP contribution is -2.29. The Hall–Kier alpha value is -3.35. The number of rotatable bonds is 5. The number of nitrogens with one attached hydrogen (secondary N) is 1. The van der Waals surface area contributed by atoms with E-state index in [-0.39, 0.29) is 23.5 Å². The largest absolute Gasteiger partial charge is 0.349 e. The van der Waals surface area contributed by atoms with Gasteiger partial charge < -0.3 is 9.88 Å². The molecule has 0 saturated heterocycles. The van der Waals surface area contributed by atoms with Crippen LogP contribution in [0.2, 0.25) is 0 Å². The molecule has 0 unspecified atom stereocenters. The first-order chi connectivity index (χ1) is 12.9. The summed E-state index contributed by atoms with van der Waals surface area (Å²) in [6.45, 7) is 0.157. The first-order valence-corrected chi connectivity index (χ1v) is 8.09. The number of nitrogens with zero attached hydrogens (tertiary/aromatic N) is 1.